The van der Waals surface area contributed by atoms with Crippen LogP contribution in [-0.4, -0.2) is 26.7 Å². The summed E-state index contributed by atoms with van der Waals surface area (Å²) in [5.41, 5.74) is 2.20. The lowest BCUT2D eigenvalue weighted by Crippen LogP contribution is -2.35. The standard InChI is InChI=1S/C20H28N4OS/c1-15-9-11-16(12-10-15)19-22-23-20(26)24(19)14-13-18(25)21-17-7-5-3-2-4-6-8-17/h9-12,17H,2-8,13-14H2,1H3,(H,21,25)(H,23,26). The number of hydrogen-bond acceptors (Lipinski definition) is 3. The van der Waals surface area contributed by atoms with Gasteiger partial charge in [0.05, 0.1) is 0 Å². The van der Waals surface area contributed by atoms with E-state index in [4.69, 9.17) is 12.2 Å². The normalized spacial score (nSPS) is 16.0. The molecular weight excluding hydrogens is 344 g/mol. The fraction of sp³-hybridized carbons (Fsp3) is 0.550. The minimum Gasteiger partial charge on any atom is -0.353 e. The summed E-state index contributed by atoms with van der Waals surface area (Å²) in [6.07, 6.45) is 8.97. The van der Waals surface area contributed by atoms with E-state index in [1.807, 2.05) is 16.7 Å². The van der Waals surface area contributed by atoms with Crippen molar-refractivity contribution in [1.29, 1.82) is 0 Å². The zero-order valence-electron chi connectivity index (χ0n) is 15.5. The molecule has 1 amide bonds. The summed E-state index contributed by atoms with van der Waals surface area (Å²) in [6.45, 7) is 2.60. The van der Waals surface area contributed by atoms with Gasteiger partial charge in [0.1, 0.15) is 0 Å². The number of amides is 1. The number of benzene rings is 1. The molecule has 26 heavy (non-hydrogen) atoms. The highest BCUT2D eigenvalue weighted by Gasteiger charge is 2.15. The van der Waals surface area contributed by atoms with Gasteiger partial charge in [0.2, 0.25) is 5.91 Å². The van der Waals surface area contributed by atoms with Crippen LogP contribution in [0.25, 0.3) is 11.4 Å². The molecule has 5 nitrogen and oxygen atoms in total. The van der Waals surface area contributed by atoms with Crippen molar-refractivity contribution < 1.29 is 4.79 Å². The number of carbonyl (C=O) groups is 1. The third-order valence-corrected chi connectivity index (χ3v) is 5.41. The van der Waals surface area contributed by atoms with Crippen molar-refractivity contribution in [3.8, 4) is 11.4 Å². The third-order valence-electron chi connectivity index (χ3n) is 5.10. The summed E-state index contributed by atoms with van der Waals surface area (Å²) in [6, 6.07) is 8.51. The van der Waals surface area contributed by atoms with Crippen LogP contribution >= 0.6 is 12.2 Å². The van der Waals surface area contributed by atoms with E-state index in [1.165, 1.54) is 37.7 Å². The van der Waals surface area contributed by atoms with E-state index < -0.39 is 0 Å². The summed E-state index contributed by atoms with van der Waals surface area (Å²) in [5.74, 6) is 0.891. The van der Waals surface area contributed by atoms with Gasteiger partial charge in [-0.2, -0.15) is 5.10 Å². The van der Waals surface area contributed by atoms with Crippen molar-refractivity contribution in [2.75, 3.05) is 0 Å². The fourth-order valence-corrected chi connectivity index (χ4v) is 3.79. The van der Waals surface area contributed by atoms with Crippen LogP contribution in [-0.2, 0) is 11.3 Å². The number of nitrogens with zero attached hydrogens (tertiary/aromatic N) is 2. The molecule has 0 unspecified atom stereocenters. The Hall–Kier alpha value is -1.95. The molecule has 1 heterocycles. The molecule has 140 valence electrons. The molecule has 0 bridgehead atoms. The van der Waals surface area contributed by atoms with Crippen LogP contribution in [0.2, 0.25) is 0 Å². The second kappa shape index (κ2) is 9.12. The highest BCUT2D eigenvalue weighted by atomic mass is 32.1. The van der Waals surface area contributed by atoms with Crippen LogP contribution in [0.1, 0.15) is 56.9 Å². The number of hydrogen-bond donors (Lipinski definition) is 2. The van der Waals surface area contributed by atoms with E-state index in [2.05, 4.69) is 34.6 Å². The Morgan fingerprint density at radius 2 is 1.85 bits per heavy atom. The van der Waals surface area contributed by atoms with Gasteiger partial charge in [-0.25, -0.2) is 0 Å². The van der Waals surface area contributed by atoms with Crippen LogP contribution < -0.4 is 5.32 Å². The largest absolute Gasteiger partial charge is 0.353 e. The van der Waals surface area contributed by atoms with Crippen LogP contribution in [0.15, 0.2) is 24.3 Å². The predicted molar refractivity (Wildman–Crippen MR) is 106 cm³/mol. The van der Waals surface area contributed by atoms with Crippen LogP contribution in [0.3, 0.4) is 0 Å². The molecule has 0 spiro atoms. The highest BCUT2D eigenvalue weighted by molar-refractivity contribution is 7.71. The summed E-state index contributed by atoms with van der Waals surface area (Å²) in [4.78, 5) is 12.4. The maximum Gasteiger partial charge on any atom is 0.222 e. The molecule has 6 heteroatoms. The SMILES string of the molecule is Cc1ccc(-c2n[nH]c(=S)n2CCC(=O)NC2CCCCCCC2)cc1. The van der Waals surface area contributed by atoms with E-state index in [1.54, 1.807) is 0 Å². The zero-order chi connectivity index (χ0) is 18.4. The van der Waals surface area contributed by atoms with Gasteiger partial charge in [0.25, 0.3) is 0 Å². The number of carbonyl (C=O) groups excluding carboxylic acids is 1. The van der Waals surface area contributed by atoms with E-state index in [-0.39, 0.29) is 5.91 Å². The molecule has 0 atom stereocenters. The van der Waals surface area contributed by atoms with Crippen LogP contribution in [0.5, 0.6) is 0 Å². The van der Waals surface area contributed by atoms with Gasteiger partial charge in [-0.1, -0.05) is 61.9 Å². The fourth-order valence-electron chi connectivity index (χ4n) is 3.56. The maximum absolute atomic E-state index is 12.4. The van der Waals surface area contributed by atoms with Crippen molar-refractivity contribution in [1.82, 2.24) is 20.1 Å². The lowest BCUT2D eigenvalue weighted by molar-refractivity contribution is -0.122. The van der Waals surface area contributed by atoms with Crippen LogP contribution in [0.4, 0.5) is 0 Å². The summed E-state index contributed by atoms with van der Waals surface area (Å²) < 4.78 is 2.47. The van der Waals surface area contributed by atoms with Gasteiger partial charge in [0, 0.05) is 24.6 Å². The summed E-state index contributed by atoms with van der Waals surface area (Å²) >= 11 is 5.36. The van der Waals surface area contributed by atoms with Crippen molar-refractivity contribution in [3.05, 3.63) is 34.6 Å². The molecule has 1 fully saturated rings. The Balaban J connectivity index is 1.60. The minimum atomic E-state index is 0.105. The number of aryl methyl sites for hydroxylation is 1. The van der Waals surface area contributed by atoms with Gasteiger partial charge in [-0.3, -0.25) is 14.5 Å². The molecule has 0 radical (unpaired) electrons. The number of aromatic amines is 1. The number of rotatable bonds is 5. The lowest BCUT2D eigenvalue weighted by atomic mass is 9.96. The highest BCUT2D eigenvalue weighted by Crippen LogP contribution is 2.19. The molecule has 1 saturated carbocycles. The van der Waals surface area contributed by atoms with Crippen molar-refractivity contribution >= 4 is 18.1 Å². The monoisotopic (exact) mass is 372 g/mol. The van der Waals surface area contributed by atoms with Gasteiger partial charge in [-0.15, -0.1) is 0 Å². The van der Waals surface area contributed by atoms with Gasteiger partial charge >= 0.3 is 0 Å². The molecule has 3 rings (SSSR count). The number of H-pyrrole nitrogens is 1. The van der Waals surface area contributed by atoms with Crippen molar-refractivity contribution in [3.63, 3.8) is 0 Å². The molecule has 2 N–H and O–H groups in total. The first-order valence-corrected chi connectivity index (χ1v) is 10.1. The first kappa shape index (κ1) is 18.8. The Kier molecular flexibility index (Phi) is 6.61. The van der Waals surface area contributed by atoms with Crippen molar-refractivity contribution in [2.45, 2.75) is 70.9 Å². The van der Waals surface area contributed by atoms with E-state index in [9.17, 15) is 4.79 Å². The first-order valence-electron chi connectivity index (χ1n) is 9.65. The molecule has 1 aromatic carbocycles. The smallest absolute Gasteiger partial charge is 0.222 e. The average molecular weight is 373 g/mol. The Morgan fingerprint density at radius 3 is 2.54 bits per heavy atom. The molecular formula is C20H28N4OS. The Bertz CT molecular complexity index is 770. The molecule has 0 aliphatic heterocycles. The maximum atomic E-state index is 12.4. The van der Waals surface area contributed by atoms with Crippen LogP contribution in [0, 0.1) is 11.7 Å². The second-order valence-corrected chi connectivity index (χ2v) is 7.62. The predicted octanol–water partition coefficient (Wildman–Crippen LogP) is 4.54. The quantitative estimate of drug-likeness (QED) is 0.758. The molecule has 2 aromatic rings. The van der Waals surface area contributed by atoms with E-state index >= 15 is 0 Å². The number of aromatic nitrogens is 3. The molecule has 1 aliphatic rings. The van der Waals surface area contributed by atoms with Gasteiger partial charge in [-0.05, 0) is 32.0 Å². The van der Waals surface area contributed by atoms with Gasteiger partial charge in [0.15, 0.2) is 10.6 Å². The third kappa shape index (κ3) is 5.04. The zero-order valence-corrected chi connectivity index (χ0v) is 16.3. The van der Waals surface area contributed by atoms with Gasteiger partial charge < -0.3 is 5.32 Å². The van der Waals surface area contributed by atoms with Crippen molar-refractivity contribution in [2.24, 2.45) is 0 Å². The molecule has 1 aromatic heterocycles. The minimum absolute atomic E-state index is 0.105. The Labute approximate surface area is 160 Å². The first-order chi connectivity index (χ1) is 12.6. The Morgan fingerprint density at radius 1 is 1.19 bits per heavy atom. The van der Waals surface area contributed by atoms with E-state index in [0.717, 1.165) is 24.2 Å². The molecule has 0 saturated heterocycles. The second-order valence-electron chi connectivity index (χ2n) is 7.23. The lowest BCUT2D eigenvalue weighted by Gasteiger charge is -2.21. The van der Waals surface area contributed by atoms with E-state index in [0.29, 0.717) is 23.8 Å². The topological polar surface area (TPSA) is 62.7 Å². The summed E-state index contributed by atoms with van der Waals surface area (Å²) in [5, 5.41) is 10.4. The molecule has 1 aliphatic carbocycles. The summed E-state index contributed by atoms with van der Waals surface area (Å²) in [7, 11) is 0. The average Bonchev–Trinajstić information content (AvgIpc) is 2.97. The number of nitrogens with one attached hydrogen (secondary N) is 2.